The molecule has 1 fully saturated rings. The maximum absolute atomic E-state index is 14.7. The van der Waals surface area contributed by atoms with Crippen LogP contribution >= 0.6 is 11.6 Å². The number of aliphatic imine (C=N–C) groups is 2. The summed E-state index contributed by atoms with van der Waals surface area (Å²) in [7, 11) is 0. The van der Waals surface area contributed by atoms with Gasteiger partial charge in [-0.05, 0) is 61.1 Å². The third-order valence-corrected chi connectivity index (χ3v) is 7.08. The van der Waals surface area contributed by atoms with E-state index in [1.54, 1.807) is 24.8 Å². The highest BCUT2D eigenvalue weighted by Crippen LogP contribution is 2.26. The van der Waals surface area contributed by atoms with Crippen LogP contribution in [0.5, 0.6) is 0 Å². The first-order valence-corrected chi connectivity index (χ1v) is 13.2. The molecule has 0 aliphatic carbocycles. The van der Waals surface area contributed by atoms with Crippen LogP contribution in [0.3, 0.4) is 0 Å². The minimum absolute atomic E-state index is 0.0966. The van der Waals surface area contributed by atoms with Crippen molar-refractivity contribution < 1.29 is 4.39 Å². The van der Waals surface area contributed by atoms with E-state index >= 15 is 0 Å². The number of halogens is 2. The average molecular weight is 487 g/mol. The Morgan fingerprint density at radius 2 is 1.94 bits per heavy atom. The van der Waals surface area contributed by atoms with Crippen molar-refractivity contribution in [3.05, 3.63) is 58.7 Å². The van der Waals surface area contributed by atoms with E-state index in [0.29, 0.717) is 17.4 Å². The Hall–Kier alpha value is -2.14. The van der Waals surface area contributed by atoms with Crippen molar-refractivity contribution in [2.45, 2.75) is 64.7 Å². The fourth-order valence-corrected chi connectivity index (χ4v) is 4.90. The number of unbranched alkanes of at least 4 members (excludes halogenated alkanes) is 1. The molecule has 0 bridgehead atoms. The highest BCUT2D eigenvalue weighted by Gasteiger charge is 2.26. The zero-order chi connectivity index (χ0) is 24.2. The minimum atomic E-state index is -0.0966. The number of nitrogens with zero attached hydrogens (tertiary/aromatic N) is 3. The first-order valence-electron chi connectivity index (χ1n) is 12.8. The third kappa shape index (κ3) is 8.90. The smallest absolute Gasteiger partial charge is 0.127 e. The summed E-state index contributed by atoms with van der Waals surface area (Å²) in [6.07, 6.45) is 14.6. The van der Waals surface area contributed by atoms with E-state index in [4.69, 9.17) is 11.6 Å². The summed E-state index contributed by atoms with van der Waals surface area (Å²) in [6, 6.07) is 5.77. The van der Waals surface area contributed by atoms with Gasteiger partial charge in [-0.2, -0.15) is 0 Å². The van der Waals surface area contributed by atoms with E-state index in [9.17, 15) is 4.39 Å². The maximum atomic E-state index is 14.7. The molecule has 0 saturated carbocycles. The third-order valence-electron chi connectivity index (χ3n) is 6.88. The van der Waals surface area contributed by atoms with Crippen LogP contribution < -0.4 is 5.32 Å². The quantitative estimate of drug-likeness (QED) is 0.383. The molecular weight excluding hydrogens is 447 g/mol. The van der Waals surface area contributed by atoms with Gasteiger partial charge in [-0.15, -0.1) is 0 Å². The van der Waals surface area contributed by atoms with E-state index in [1.807, 2.05) is 6.07 Å². The number of likely N-dealkylation sites (tertiary alicyclic amines) is 1. The molecule has 186 valence electrons. The summed E-state index contributed by atoms with van der Waals surface area (Å²) in [5, 5.41) is 3.54. The number of hydrogen-bond donors (Lipinski definition) is 1. The lowest BCUT2D eigenvalue weighted by Crippen LogP contribution is -2.45. The Morgan fingerprint density at radius 1 is 1.15 bits per heavy atom. The summed E-state index contributed by atoms with van der Waals surface area (Å²) in [4.78, 5) is 11.1. The predicted molar refractivity (Wildman–Crippen MR) is 143 cm³/mol. The summed E-state index contributed by atoms with van der Waals surface area (Å²) in [5.74, 6) is 1.29. The molecule has 1 atom stereocenters. The number of nitrogens with one attached hydrogen (secondary N) is 1. The molecule has 1 saturated heterocycles. The Morgan fingerprint density at radius 3 is 2.71 bits per heavy atom. The Balaban J connectivity index is 1.39. The first kappa shape index (κ1) is 26.5. The van der Waals surface area contributed by atoms with Gasteiger partial charge in [0.2, 0.25) is 0 Å². The number of allylic oxidation sites excluding steroid dienone is 2. The monoisotopic (exact) mass is 486 g/mol. The molecule has 4 nitrogen and oxygen atoms in total. The van der Waals surface area contributed by atoms with Crippen molar-refractivity contribution in [3.63, 3.8) is 0 Å². The summed E-state index contributed by atoms with van der Waals surface area (Å²) >= 11 is 6.05. The summed E-state index contributed by atoms with van der Waals surface area (Å²) in [5.41, 5.74) is 2.88. The standard InChI is InChI=1S/C28H40ClFN4/c1-3-6-25-19-34(20-25)22(2)15-26-10-9-24(16-28(26)30)8-5-4-7-23-11-13-31-17-27(29)18-33-21-32-14-12-23/h9-10,16-18,21,23,25H,2-8,11-15,19-20H2,1H3,(H,32,33)/b27-18+,31-17?. The molecule has 34 heavy (non-hydrogen) atoms. The molecule has 1 aromatic carbocycles. The zero-order valence-corrected chi connectivity index (χ0v) is 21.4. The largest absolute Gasteiger partial charge is 0.374 e. The molecule has 3 rings (SSSR count). The zero-order valence-electron chi connectivity index (χ0n) is 20.6. The van der Waals surface area contributed by atoms with Crippen LogP contribution in [0.1, 0.15) is 63.0 Å². The van der Waals surface area contributed by atoms with Gasteiger partial charge in [-0.3, -0.25) is 9.98 Å². The van der Waals surface area contributed by atoms with Crippen molar-refractivity contribution in [1.82, 2.24) is 10.2 Å². The lowest BCUT2D eigenvalue weighted by molar-refractivity contribution is 0.132. The van der Waals surface area contributed by atoms with Gasteiger partial charge < -0.3 is 10.2 Å². The highest BCUT2D eigenvalue weighted by atomic mass is 35.5. The van der Waals surface area contributed by atoms with Gasteiger partial charge in [0.15, 0.2) is 0 Å². The van der Waals surface area contributed by atoms with Crippen LogP contribution in [-0.2, 0) is 12.8 Å². The second-order valence-corrected chi connectivity index (χ2v) is 10.1. The van der Waals surface area contributed by atoms with Crippen LogP contribution in [-0.4, -0.2) is 43.6 Å². The highest BCUT2D eigenvalue weighted by molar-refractivity contribution is 6.39. The van der Waals surface area contributed by atoms with E-state index in [-0.39, 0.29) is 5.82 Å². The van der Waals surface area contributed by atoms with Crippen molar-refractivity contribution >= 4 is 24.2 Å². The summed E-state index contributed by atoms with van der Waals surface area (Å²) in [6.45, 7) is 10.2. The second kappa shape index (κ2) is 14.3. The van der Waals surface area contributed by atoms with Gasteiger partial charge in [-0.25, -0.2) is 4.39 Å². The number of hydrogen-bond acceptors (Lipinski definition) is 4. The van der Waals surface area contributed by atoms with Crippen molar-refractivity contribution in [3.8, 4) is 0 Å². The van der Waals surface area contributed by atoms with Crippen LogP contribution in [0.25, 0.3) is 0 Å². The molecule has 2 heterocycles. The van der Waals surface area contributed by atoms with Crippen LogP contribution in [0.2, 0.25) is 0 Å². The Kier molecular flexibility index (Phi) is 11.1. The minimum Gasteiger partial charge on any atom is -0.374 e. The van der Waals surface area contributed by atoms with Crippen LogP contribution in [0, 0.1) is 17.7 Å². The topological polar surface area (TPSA) is 40.0 Å². The average Bonchev–Trinajstić information content (AvgIpc) is 2.78. The molecule has 1 unspecified atom stereocenters. The summed E-state index contributed by atoms with van der Waals surface area (Å²) < 4.78 is 14.7. The van der Waals surface area contributed by atoms with Crippen LogP contribution in [0.15, 0.2) is 51.7 Å². The molecule has 2 aliphatic rings. The predicted octanol–water partition coefficient (Wildman–Crippen LogP) is 6.51. The lowest BCUT2D eigenvalue weighted by atomic mass is 9.93. The molecule has 0 radical (unpaired) electrons. The SMILES string of the molecule is C=C(Cc1ccc(CCCCC2CCN=CN/C=C(/Cl)C=NCC2)cc1F)N1CC(CCC)C1. The fourth-order valence-electron chi connectivity index (χ4n) is 4.77. The first-order chi connectivity index (χ1) is 16.5. The van der Waals surface area contributed by atoms with E-state index in [0.717, 1.165) is 87.4 Å². The Bertz CT molecular complexity index is 873. The molecule has 1 aromatic rings. The van der Waals surface area contributed by atoms with Gasteiger partial charge in [0.1, 0.15) is 5.82 Å². The number of aryl methyl sites for hydroxylation is 1. The molecule has 1 N–H and O–H groups in total. The van der Waals surface area contributed by atoms with Gasteiger partial charge in [-0.1, -0.05) is 56.5 Å². The molecule has 6 heteroatoms. The van der Waals surface area contributed by atoms with Gasteiger partial charge in [0.25, 0.3) is 0 Å². The van der Waals surface area contributed by atoms with E-state index < -0.39 is 0 Å². The van der Waals surface area contributed by atoms with Gasteiger partial charge in [0.05, 0.1) is 11.4 Å². The number of benzene rings is 1. The van der Waals surface area contributed by atoms with Crippen molar-refractivity contribution in [1.29, 1.82) is 0 Å². The molecule has 0 aromatic heterocycles. The van der Waals surface area contributed by atoms with E-state index in [2.05, 4.69) is 39.8 Å². The van der Waals surface area contributed by atoms with Crippen molar-refractivity contribution in [2.75, 3.05) is 26.2 Å². The Labute approximate surface area is 210 Å². The molecular formula is C28H40ClFN4. The van der Waals surface area contributed by atoms with Crippen LogP contribution in [0.4, 0.5) is 4.39 Å². The number of rotatable bonds is 10. The molecule has 0 amide bonds. The normalized spacial score (nSPS) is 21.1. The maximum Gasteiger partial charge on any atom is 0.127 e. The molecule has 2 aliphatic heterocycles. The van der Waals surface area contributed by atoms with Gasteiger partial charge >= 0.3 is 0 Å². The molecule has 0 spiro atoms. The lowest BCUT2D eigenvalue weighted by Gasteiger charge is -2.42. The van der Waals surface area contributed by atoms with E-state index in [1.165, 1.54) is 12.8 Å². The second-order valence-electron chi connectivity index (χ2n) is 9.68. The fraction of sp³-hybridized carbons (Fsp3) is 0.571. The van der Waals surface area contributed by atoms with Gasteiger partial charge in [0, 0.05) is 50.7 Å². The van der Waals surface area contributed by atoms with Crippen molar-refractivity contribution in [2.24, 2.45) is 21.8 Å².